The molecule has 1 N–H and O–H groups in total. The van der Waals surface area contributed by atoms with E-state index < -0.39 is 0 Å². The van der Waals surface area contributed by atoms with E-state index in [4.69, 9.17) is 9.47 Å². The molecule has 2 aliphatic heterocycles. The number of piperazine rings is 1. The standard InChI is InChI=1S/C13H24N2O3/c1-10-5-15(6-11(2)14-10)13(16)9-18-8-12-3-4-17-7-12/h10-12,14H,3-9H2,1-2H3/t10-,11+,12-/m0/s1. The van der Waals surface area contributed by atoms with Crippen molar-refractivity contribution in [2.75, 3.05) is 39.5 Å². The van der Waals surface area contributed by atoms with E-state index in [9.17, 15) is 4.79 Å². The lowest BCUT2D eigenvalue weighted by Gasteiger charge is -2.36. The molecule has 5 heteroatoms. The summed E-state index contributed by atoms with van der Waals surface area (Å²) in [6, 6.07) is 0.724. The second-order valence-electron chi connectivity index (χ2n) is 5.51. The highest BCUT2D eigenvalue weighted by atomic mass is 16.5. The van der Waals surface area contributed by atoms with Gasteiger partial charge in [0.25, 0.3) is 0 Å². The van der Waals surface area contributed by atoms with E-state index in [1.54, 1.807) is 0 Å². The maximum atomic E-state index is 12.0. The predicted octanol–water partition coefficient (Wildman–Crippen LogP) is 0.248. The van der Waals surface area contributed by atoms with Gasteiger partial charge in [-0.3, -0.25) is 4.79 Å². The Kier molecular flexibility index (Phi) is 4.97. The molecule has 1 amide bonds. The highest BCUT2D eigenvalue weighted by Gasteiger charge is 2.25. The molecule has 2 fully saturated rings. The van der Waals surface area contributed by atoms with Crippen LogP contribution in [0.5, 0.6) is 0 Å². The van der Waals surface area contributed by atoms with Crippen LogP contribution in [0.4, 0.5) is 0 Å². The summed E-state index contributed by atoms with van der Waals surface area (Å²) < 4.78 is 10.8. The van der Waals surface area contributed by atoms with E-state index in [1.165, 1.54) is 0 Å². The molecule has 0 aromatic rings. The van der Waals surface area contributed by atoms with Gasteiger partial charge in [0.1, 0.15) is 6.61 Å². The summed E-state index contributed by atoms with van der Waals surface area (Å²) in [6.45, 7) is 8.21. The number of nitrogens with zero attached hydrogens (tertiary/aromatic N) is 1. The Labute approximate surface area is 109 Å². The van der Waals surface area contributed by atoms with Crippen LogP contribution in [-0.4, -0.2) is 62.4 Å². The van der Waals surface area contributed by atoms with Gasteiger partial charge in [-0.15, -0.1) is 0 Å². The number of ether oxygens (including phenoxy) is 2. The van der Waals surface area contributed by atoms with Crippen molar-refractivity contribution in [3.8, 4) is 0 Å². The number of nitrogens with one attached hydrogen (secondary N) is 1. The zero-order chi connectivity index (χ0) is 13.0. The van der Waals surface area contributed by atoms with Crippen molar-refractivity contribution in [3.05, 3.63) is 0 Å². The van der Waals surface area contributed by atoms with Crippen molar-refractivity contribution in [2.24, 2.45) is 5.92 Å². The van der Waals surface area contributed by atoms with E-state index in [0.29, 0.717) is 24.6 Å². The molecule has 3 atom stereocenters. The molecule has 0 spiro atoms. The monoisotopic (exact) mass is 256 g/mol. The van der Waals surface area contributed by atoms with Crippen LogP contribution >= 0.6 is 0 Å². The fraction of sp³-hybridized carbons (Fsp3) is 0.923. The van der Waals surface area contributed by atoms with Gasteiger partial charge in [0, 0.05) is 37.7 Å². The van der Waals surface area contributed by atoms with Crippen molar-refractivity contribution in [1.82, 2.24) is 10.2 Å². The first-order valence-corrected chi connectivity index (χ1v) is 6.84. The van der Waals surface area contributed by atoms with Crippen LogP contribution in [0.1, 0.15) is 20.3 Å². The van der Waals surface area contributed by atoms with Crippen LogP contribution in [0.25, 0.3) is 0 Å². The maximum absolute atomic E-state index is 12.0. The zero-order valence-corrected chi connectivity index (χ0v) is 11.4. The smallest absolute Gasteiger partial charge is 0.248 e. The van der Waals surface area contributed by atoms with Gasteiger partial charge in [0.05, 0.1) is 13.2 Å². The summed E-state index contributed by atoms with van der Waals surface area (Å²) >= 11 is 0. The van der Waals surface area contributed by atoms with Crippen molar-refractivity contribution in [2.45, 2.75) is 32.4 Å². The predicted molar refractivity (Wildman–Crippen MR) is 68.4 cm³/mol. The summed E-state index contributed by atoms with van der Waals surface area (Å²) in [4.78, 5) is 13.9. The van der Waals surface area contributed by atoms with Gasteiger partial charge in [0.2, 0.25) is 5.91 Å². The third kappa shape index (κ3) is 3.93. The Morgan fingerprint density at radius 3 is 2.72 bits per heavy atom. The van der Waals surface area contributed by atoms with Gasteiger partial charge in [-0.2, -0.15) is 0 Å². The maximum Gasteiger partial charge on any atom is 0.248 e. The third-order valence-electron chi connectivity index (χ3n) is 3.51. The number of rotatable bonds is 4. The fourth-order valence-electron chi connectivity index (χ4n) is 2.65. The van der Waals surface area contributed by atoms with Crippen LogP contribution < -0.4 is 5.32 Å². The highest BCUT2D eigenvalue weighted by molar-refractivity contribution is 5.77. The number of hydrogen-bond donors (Lipinski definition) is 1. The molecule has 0 aromatic heterocycles. The summed E-state index contributed by atoms with van der Waals surface area (Å²) in [6.07, 6.45) is 1.05. The van der Waals surface area contributed by atoms with Crippen LogP contribution in [0.2, 0.25) is 0 Å². The minimum atomic E-state index is 0.106. The van der Waals surface area contributed by atoms with Crippen LogP contribution in [-0.2, 0) is 14.3 Å². The lowest BCUT2D eigenvalue weighted by Crippen LogP contribution is -2.56. The molecule has 0 aromatic carbocycles. The topological polar surface area (TPSA) is 50.8 Å². The minimum absolute atomic E-state index is 0.106. The Hall–Kier alpha value is -0.650. The first-order chi connectivity index (χ1) is 8.65. The average molecular weight is 256 g/mol. The number of carbonyl (C=O) groups is 1. The zero-order valence-electron chi connectivity index (χ0n) is 11.4. The van der Waals surface area contributed by atoms with Crippen molar-refractivity contribution in [1.29, 1.82) is 0 Å². The number of carbonyl (C=O) groups excluding carboxylic acids is 1. The molecule has 5 nitrogen and oxygen atoms in total. The molecule has 104 valence electrons. The normalized spacial score (nSPS) is 32.8. The third-order valence-corrected chi connectivity index (χ3v) is 3.51. The van der Waals surface area contributed by atoms with Gasteiger partial charge < -0.3 is 19.7 Å². The summed E-state index contributed by atoms with van der Waals surface area (Å²) in [5, 5.41) is 3.41. The fourth-order valence-corrected chi connectivity index (χ4v) is 2.65. The van der Waals surface area contributed by atoms with Crippen molar-refractivity contribution in [3.63, 3.8) is 0 Å². The molecular formula is C13H24N2O3. The molecule has 2 aliphatic rings. The molecule has 2 heterocycles. The Morgan fingerprint density at radius 2 is 2.11 bits per heavy atom. The highest BCUT2D eigenvalue weighted by Crippen LogP contribution is 2.12. The molecule has 0 bridgehead atoms. The minimum Gasteiger partial charge on any atom is -0.381 e. The Bertz CT molecular complexity index is 269. The summed E-state index contributed by atoms with van der Waals surface area (Å²) in [7, 11) is 0. The second kappa shape index (κ2) is 6.50. The van der Waals surface area contributed by atoms with Gasteiger partial charge in [-0.05, 0) is 20.3 Å². The summed E-state index contributed by atoms with van der Waals surface area (Å²) in [5.74, 6) is 0.577. The number of amides is 1. The largest absolute Gasteiger partial charge is 0.381 e. The SMILES string of the molecule is C[C@@H]1CN(C(=O)COC[C@H]2CCOC2)C[C@H](C)N1. The number of hydrogen-bond acceptors (Lipinski definition) is 4. The van der Waals surface area contributed by atoms with E-state index in [-0.39, 0.29) is 12.5 Å². The van der Waals surface area contributed by atoms with Gasteiger partial charge in [-0.25, -0.2) is 0 Å². The molecule has 0 unspecified atom stereocenters. The lowest BCUT2D eigenvalue weighted by molar-refractivity contribution is -0.138. The average Bonchev–Trinajstić information content (AvgIpc) is 2.80. The van der Waals surface area contributed by atoms with Gasteiger partial charge in [-0.1, -0.05) is 0 Å². The molecule has 0 radical (unpaired) electrons. The Balaban J connectivity index is 1.67. The van der Waals surface area contributed by atoms with Crippen LogP contribution in [0.15, 0.2) is 0 Å². The quantitative estimate of drug-likeness (QED) is 0.783. The van der Waals surface area contributed by atoms with Crippen LogP contribution in [0.3, 0.4) is 0 Å². The van der Waals surface area contributed by atoms with Gasteiger partial charge in [0.15, 0.2) is 0 Å². The molecule has 18 heavy (non-hydrogen) atoms. The van der Waals surface area contributed by atoms with Crippen molar-refractivity contribution >= 4 is 5.91 Å². The summed E-state index contributed by atoms with van der Waals surface area (Å²) in [5.41, 5.74) is 0. The Morgan fingerprint density at radius 1 is 1.39 bits per heavy atom. The van der Waals surface area contributed by atoms with Gasteiger partial charge >= 0.3 is 0 Å². The lowest BCUT2D eigenvalue weighted by atomic mass is 10.1. The van der Waals surface area contributed by atoms with Crippen molar-refractivity contribution < 1.29 is 14.3 Å². The van der Waals surface area contributed by atoms with E-state index in [2.05, 4.69) is 19.2 Å². The molecule has 2 rings (SSSR count). The van der Waals surface area contributed by atoms with E-state index >= 15 is 0 Å². The first-order valence-electron chi connectivity index (χ1n) is 6.84. The second-order valence-corrected chi connectivity index (χ2v) is 5.51. The van der Waals surface area contributed by atoms with E-state index in [1.807, 2.05) is 4.90 Å². The van der Waals surface area contributed by atoms with Crippen LogP contribution in [0, 0.1) is 5.92 Å². The molecule has 0 aliphatic carbocycles. The first kappa shape index (κ1) is 13.8. The molecule has 0 saturated carbocycles. The molecule has 2 saturated heterocycles. The molecular weight excluding hydrogens is 232 g/mol. The van der Waals surface area contributed by atoms with E-state index in [0.717, 1.165) is 32.7 Å².